The van der Waals surface area contributed by atoms with Crippen LogP contribution >= 0.6 is 0 Å². The molecule has 0 aliphatic carbocycles. The van der Waals surface area contributed by atoms with Gasteiger partial charge < -0.3 is 48.3 Å². The lowest BCUT2D eigenvalue weighted by Crippen LogP contribution is -2.57. The van der Waals surface area contributed by atoms with E-state index in [1.54, 1.807) is 0 Å². The molecule has 0 spiro atoms. The molecule has 16 nitrogen and oxygen atoms in total. The molecule has 0 saturated heterocycles. The Morgan fingerprint density at radius 3 is 2.23 bits per heavy atom. The van der Waals surface area contributed by atoms with Crippen molar-refractivity contribution in [2.24, 2.45) is 22.2 Å². The van der Waals surface area contributed by atoms with E-state index in [2.05, 4.69) is 30.9 Å². The second-order valence-electron chi connectivity index (χ2n) is 7.63. The Kier molecular flexibility index (Phi) is 11.6. The maximum atomic E-state index is 13.0. The maximum absolute atomic E-state index is 13.0. The second kappa shape index (κ2) is 14.1. The monoisotopic (exact) mass is 497 g/mol. The van der Waals surface area contributed by atoms with Gasteiger partial charge >= 0.3 is 11.9 Å². The number of carboxylic acids is 2. The van der Waals surface area contributed by atoms with Crippen molar-refractivity contribution in [3.63, 3.8) is 0 Å². The molecule has 0 saturated carbocycles. The minimum Gasteiger partial charge on any atom is -0.481 e. The normalized spacial score (nSPS) is 14.0. The van der Waals surface area contributed by atoms with Gasteiger partial charge in [0.1, 0.15) is 18.1 Å². The quantitative estimate of drug-likeness (QED) is 0.0647. The maximum Gasteiger partial charge on any atom is 0.325 e. The molecule has 4 unspecified atom stereocenters. The highest BCUT2D eigenvalue weighted by Crippen LogP contribution is 2.05. The van der Waals surface area contributed by atoms with Crippen LogP contribution in [0.15, 0.2) is 17.5 Å². The zero-order valence-corrected chi connectivity index (χ0v) is 19.1. The number of rotatable bonds is 15. The molecular weight excluding hydrogens is 466 g/mol. The van der Waals surface area contributed by atoms with Crippen molar-refractivity contribution in [2.75, 3.05) is 6.54 Å². The SMILES string of the molecule is CC(NC(=O)C(Cc1cnc[nH]1)NC(=O)C(CCCN=C(N)N)NC(=O)C(N)CC(=O)O)C(=O)O. The number of aromatic nitrogens is 2. The summed E-state index contributed by atoms with van der Waals surface area (Å²) in [5.74, 6) is -5.19. The average molecular weight is 498 g/mol. The molecule has 4 atom stereocenters. The summed E-state index contributed by atoms with van der Waals surface area (Å²) in [6, 6.07) is -5.09. The molecule has 16 heteroatoms. The number of hydrogen-bond acceptors (Lipinski definition) is 8. The van der Waals surface area contributed by atoms with Gasteiger partial charge in [-0.15, -0.1) is 0 Å². The van der Waals surface area contributed by atoms with E-state index in [0.29, 0.717) is 5.69 Å². The Morgan fingerprint density at radius 1 is 1.06 bits per heavy atom. The van der Waals surface area contributed by atoms with Crippen molar-refractivity contribution >= 4 is 35.6 Å². The van der Waals surface area contributed by atoms with Crippen LogP contribution in [0.4, 0.5) is 0 Å². The van der Waals surface area contributed by atoms with Crippen molar-refractivity contribution in [3.8, 4) is 0 Å². The Balaban J connectivity index is 3.03. The van der Waals surface area contributed by atoms with Crippen LogP contribution in [0.25, 0.3) is 0 Å². The van der Waals surface area contributed by atoms with Crippen LogP contribution in [-0.4, -0.2) is 86.5 Å². The molecule has 1 aromatic rings. The van der Waals surface area contributed by atoms with Crippen LogP contribution in [0.1, 0.15) is 31.9 Å². The van der Waals surface area contributed by atoms with Gasteiger partial charge in [-0.1, -0.05) is 0 Å². The van der Waals surface area contributed by atoms with Crippen molar-refractivity contribution < 1.29 is 34.2 Å². The van der Waals surface area contributed by atoms with E-state index in [1.807, 2.05) is 0 Å². The topological polar surface area (TPSA) is 281 Å². The van der Waals surface area contributed by atoms with E-state index in [-0.39, 0.29) is 31.8 Å². The van der Waals surface area contributed by atoms with Crippen molar-refractivity contribution in [1.82, 2.24) is 25.9 Å². The molecule has 1 heterocycles. The van der Waals surface area contributed by atoms with Crippen LogP contribution in [0.3, 0.4) is 0 Å². The third-order valence-electron chi connectivity index (χ3n) is 4.65. The summed E-state index contributed by atoms with van der Waals surface area (Å²) in [6.07, 6.45) is 2.34. The highest BCUT2D eigenvalue weighted by molar-refractivity contribution is 5.94. The molecule has 1 aromatic heterocycles. The predicted molar refractivity (Wildman–Crippen MR) is 122 cm³/mol. The first-order chi connectivity index (χ1) is 16.4. The van der Waals surface area contributed by atoms with Gasteiger partial charge in [-0.3, -0.25) is 29.0 Å². The van der Waals surface area contributed by atoms with Gasteiger partial charge in [-0.05, 0) is 19.8 Å². The summed E-state index contributed by atoms with van der Waals surface area (Å²) in [7, 11) is 0. The summed E-state index contributed by atoms with van der Waals surface area (Å²) in [5, 5.41) is 25.0. The van der Waals surface area contributed by atoms with Crippen LogP contribution in [0.2, 0.25) is 0 Å². The fourth-order valence-corrected chi connectivity index (χ4v) is 2.81. The van der Waals surface area contributed by atoms with Gasteiger partial charge in [-0.25, -0.2) is 4.98 Å². The Bertz CT molecular complexity index is 916. The highest BCUT2D eigenvalue weighted by Gasteiger charge is 2.30. The number of aliphatic carboxylic acids is 2. The number of guanidine groups is 1. The van der Waals surface area contributed by atoms with Crippen LogP contribution in [-0.2, 0) is 30.4 Å². The smallest absolute Gasteiger partial charge is 0.325 e. The number of carbonyl (C=O) groups is 5. The summed E-state index contributed by atoms with van der Waals surface area (Å²) in [5.41, 5.74) is 16.6. The summed E-state index contributed by atoms with van der Waals surface area (Å²) < 4.78 is 0. The molecule has 0 radical (unpaired) electrons. The van der Waals surface area contributed by atoms with Crippen LogP contribution in [0, 0.1) is 0 Å². The lowest BCUT2D eigenvalue weighted by Gasteiger charge is -2.24. The number of aromatic amines is 1. The summed E-state index contributed by atoms with van der Waals surface area (Å²) in [4.78, 5) is 70.4. The number of aliphatic imine (C=N–C) groups is 1. The average Bonchev–Trinajstić information content (AvgIpc) is 3.27. The Morgan fingerprint density at radius 2 is 1.69 bits per heavy atom. The van der Waals surface area contributed by atoms with Gasteiger partial charge in [0.25, 0.3) is 0 Å². The number of imidazole rings is 1. The van der Waals surface area contributed by atoms with Crippen molar-refractivity contribution in [1.29, 1.82) is 0 Å². The lowest BCUT2D eigenvalue weighted by atomic mass is 10.1. The number of carboxylic acid groups (broad SMARTS) is 2. The van der Waals surface area contributed by atoms with Crippen LogP contribution < -0.4 is 33.2 Å². The molecule has 12 N–H and O–H groups in total. The standard InChI is InChI=1S/C19H31N9O7/c1-9(18(34)35)26-17(33)13(5-10-7-23-8-25-10)28-16(32)12(3-2-4-24-19(21)22)27-15(31)11(20)6-14(29)30/h7-9,11-13H,2-6,20H2,1H3,(H,23,25)(H,26,33)(H,27,31)(H,28,32)(H,29,30)(H,34,35)(H4,21,22,24). The highest BCUT2D eigenvalue weighted by atomic mass is 16.4. The minimum absolute atomic E-state index is 0.0259. The number of nitrogens with two attached hydrogens (primary N) is 3. The first kappa shape index (κ1) is 28.8. The fourth-order valence-electron chi connectivity index (χ4n) is 2.81. The third kappa shape index (κ3) is 11.0. The van der Waals surface area contributed by atoms with E-state index < -0.39 is 60.2 Å². The van der Waals surface area contributed by atoms with E-state index in [1.165, 1.54) is 19.4 Å². The molecule has 0 bridgehead atoms. The molecule has 0 aromatic carbocycles. The van der Waals surface area contributed by atoms with E-state index in [4.69, 9.17) is 27.4 Å². The van der Waals surface area contributed by atoms with Gasteiger partial charge in [0.2, 0.25) is 17.7 Å². The molecule has 194 valence electrons. The first-order valence-corrected chi connectivity index (χ1v) is 10.5. The van der Waals surface area contributed by atoms with Gasteiger partial charge in [0.05, 0.1) is 18.8 Å². The summed E-state index contributed by atoms with van der Waals surface area (Å²) >= 11 is 0. The number of H-pyrrole nitrogens is 1. The molecular formula is C19H31N9O7. The Hall–Kier alpha value is -4.21. The molecule has 0 fully saturated rings. The first-order valence-electron chi connectivity index (χ1n) is 10.5. The number of amides is 3. The van der Waals surface area contributed by atoms with E-state index in [0.717, 1.165) is 0 Å². The van der Waals surface area contributed by atoms with Gasteiger partial charge in [0, 0.05) is 24.9 Å². The number of nitrogens with one attached hydrogen (secondary N) is 4. The third-order valence-corrected chi connectivity index (χ3v) is 4.65. The fraction of sp³-hybridized carbons (Fsp3) is 0.526. The van der Waals surface area contributed by atoms with Gasteiger partial charge in [-0.2, -0.15) is 0 Å². The Labute approximate surface area is 200 Å². The largest absolute Gasteiger partial charge is 0.481 e. The molecule has 0 aliphatic heterocycles. The zero-order chi connectivity index (χ0) is 26.5. The van der Waals surface area contributed by atoms with E-state index >= 15 is 0 Å². The predicted octanol–water partition coefficient (Wildman–Crippen LogP) is -3.63. The van der Waals surface area contributed by atoms with Gasteiger partial charge in [0.15, 0.2) is 5.96 Å². The summed E-state index contributed by atoms with van der Waals surface area (Å²) in [6.45, 7) is 1.39. The molecule has 35 heavy (non-hydrogen) atoms. The van der Waals surface area contributed by atoms with E-state index in [9.17, 15) is 24.0 Å². The molecule has 3 amide bonds. The second-order valence-corrected chi connectivity index (χ2v) is 7.63. The minimum atomic E-state index is -1.42. The number of nitrogens with zero attached hydrogens (tertiary/aromatic N) is 2. The lowest BCUT2D eigenvalue weighted by molar-refractivity contribution is -0.141. The molecule has 1 rings (SSSR count). The van der Waals surface area contributed by atoms with Crippen LogP contribution in [0.5, 0.6) is 0 Å². The number of carbonyl (C=O) groups excluding carboxylic acids is 3. The van der Waals surface area contributed by atoms with Crippen molar-refractivity contribution in [3.05, 3.63) is 18.2 Å². The zero-order valence-electron chi connectivity index (χ0n) is 19.1. The number of hydrogen-bond donors (Lipinski definition) is 9. The van der Waals surface area contributed by atoms with Crippen molar-refractivity contribution in [2.45, 2.75) is 56.8 Å². The molecule has 0 aliphatic rings.